The van der Waals surface area contributed by atoms with E-state index in [0.29, 0.717) is 31.0 Å². The molecule has 0 unspecified atom stereocenters. The lowest BCUT2D eigenvalue weighted by molar-refractivity contribution is -0.907. The van der Waals surface area contributed by atoms with Gasteiger partial charge in [-0.1, -0.05) is 24.3 Å². The molecule has 2 aromatic rings. The van der Waals surface area contributed by atoms with Crippen molar-refractivity contribution in [3.05, 3.63) is 83.7 Å². The fourth-order valence-electron chi connectivity index (χ4n) is 5.41. The number of morpholine rings is 1. The van der Waals surface area contributed by atoms with Crippen LogP contribution in [0, 0.1) is 5.82 Å². The molecule has 8 nitrogen and oxygen atoms in total. The van der Waals surface area contributed by atoms with Crippen LogP contribution in [0.5, 0.6) is 0 Å². The second-order valence-corrected chi connectivity index (χ2v) is 9.06. The van der Waals surface area contributed by atoms with Gasteiger partial charge in [-0.15, -0.1) is 6.58 Å². The van der Waals surface area contributed by atoms with Gasteiger partial charge < -0.3 is 24.5 Å². The fraction of sp³-hybridized carbons (Fsp3) is 0.296. The van der Waals surface area contributed by atoms with Crippen LogP contribution in [0.25, 0.3) is 5.76 Å². The summed E-state index contributed by atoms with van der Waals surface area (Å²) in [7, 11) is 0. The number of likely N-dealkylation sites (tertiary alicyclic amines) is 1. The van der Waals surface area contributed by atoms with E-state index in [1.807, 2.05) is 0 Å². The molecule has 2 fully saturated rings. The Morgan fingerprint density at radius 3 is 2.50 bits per heavy atom. The molecule has 0 aromatic heterocycles. The van der Waals surface area contributed by atoms with Gasteiger partial charge in [-0.2, -0.15) is 0 Å². The van der Waals surface area contributed by atoms with Crippen molar-refractivity contribution < 1.29 is 33.5 Å². The average Bonchev–Trinajstić information content (AvgIpc) is 3.27. The van der Waals surface area contributed by atoms with E-state index in [0.717, 1.165) is 25.2 Å². The maximum atomic E-state index is 14.2. The van der Waals surface area contributed by atoms with E-state index < -0.39 is 34.7 Å². The first-order chi connectivity index (χ1) is 17.4. The predicted octanol–water partition coefficient (Wildman–Crippen LogP) is 0.849. The molecule has 3 heterocycles. The van der Waals surface area contributed by atoms with Crippen LogP contribution in [-0.2, 0) is 24.7 Å². The van der Waals surface area contributed by atoms with Gasteiger partial charge in [0, 0.05) is 17.7 Å². The Balaban J connectivity index is 1.71. The number of para-hydroxylation sites is 1. The minimum atomic E-state index is -1.84. The molecule has 2 N–H and O–H groups in total. The molecule has 1 atom stereocenters. The van der Waals surface area contributed by atoms with Gasteiger partial charge in [0.2, 0.25) is 0 Å². The first-order valence-electron chi connectivity index (χ1n) is 11.9. The third kappa shape index (κ3) is 3.54. The van der Waals surface area contributed by atoms with Crippen LogP contribution in [0.1, 0.15) is 11.1 Å². The zero-order chi connectivity index (χ0) is 25.4. The Labute approximate surface area is 207 Å². The number of ketones is 1. The summed E-state index contributed by atoms with van der Waals surface area (Å²) in [4.78, 5) is 45.2. The van der Waals surface area contributed by atoms with E-state index in [4.69, 9.17) is 4.74 Å². The van der Waals surface area contributed by atoms with Gasteiger partial charge >= 0.3 is 0 Å². The Bertz CT molecular complexity index is 1270. The summed E-state index contributed by atoms with van der Waals surface area (Å²) in [5, 5.41) is 11.4. The number of anilines is 1. The number of Topliss-reactive ketones (excluding diaryl/α,β-unsaturated/α-hetero) is 1. The molecule has 3 aliphatic heterocycles. The molecule has 9 heteroatoms. The number of nitrogens with zero attached hydrogens (tertiary/aromatic N) is 2. The molecule has 0 aliphatic carbocycles. The number of carbonyl (C=O) groups excluding carboxylic acids is 3. The number of quaternary nitrogens is 1. The van der Waals surface area contributed by atoms with Crippen molar-refractivity contribution >= 4 is 29.0 Å². The third-order valence-electron chi connectivity index (χ3n) is 7.13. The van der Waals surface area contributed by atoms with Crippen LogP contribution < -0.4 is 9.80 Å². The van der Waals surface area contributed by atoms with Gasteiger partial charge in [-0.3, -0.25) is 14.4 Å². The number of hydrogen-bond donors (Lipinski definition) is 2. The first kappa shape index (κ1) is 23.9. The standard InChI is InChI=1S/C27H26FN3O5/c1-2-11-30-21-6-4-3-5-20(21)27(26(30)35)22(23(32)18-7-9-19(28)10-8-18)24(33)25(34)31(27)13-12-29-14-16-36-17-15-29/h2-10,32H,1,11-17H2/p+1/t27-/m0/s1. The number of benzene rings is 2. The second kappa shape index (κ2) is 9.33. The zero-order valence-electron chi connectivity index (χ0n) is 19.7. The molecule has 5 rings (SSSR count). The van der Waals surface area contributed by atoms with Crippen LogP contribution >= 0.6 is 0 Å². The number of halogens is 1. The van der Waals surface area contributed by atoms with Gasteiger partial charge in [0.05, 0.1) is 37.6 Å². The highest BCUT2D eigenvalue weighted by atomic mass is 19.1. The summed E-state index contributed by atoms with van der Waals surface area (Å²) < 4.78 is 19.0. The zero-order valence-corrected chi connectivity index (χ0v) is 19.7. The SMILES string of the molecule is C=CCN1C(=O)[C@@]2(C(=C(O)c3ccc(F)cc3)C(=O)C(=O)N2CC[NH+]2CCOCC2)c2ccccc21. The van der Waals surface area contributed by atoms with Crippen molar-refractivity contribution in [1.29, 1.82) is 0 Å². The molecule has 2 amide bonds. The highest BCUT2D eigenvalue weighted by molar-refractivity contribution is 6.50. The van der Waals surface area contributed by atoms with E-state index in [1.165, 1.54) is 26.8 Å². The maximum absolute atomic E-state index is 14.2. The number of carbonyl (C=O) groups is 3. The van der Waals surface area contributed by atoms with Crippen molar-refractivity contribution in [2.24, 2.45) is 0 Å². The quantitative estimate of drug-likeness (QED) is 0.270. The third-order valence-corrected chi connectivity index (χ3v) is 7.13. The number of amides is 2. The van der Waals surface area contributed by atoms with Gasteiger partial charge in [0.15, 0.2) is 5.54 Å². The van der Waals surface area contributed by atoms with Gasteiger partial charge in [-0.05, 0) is 30.3 Å². The maximum Gasteiger partial charge on any atom is 0.296 e. The molecule has 186 valence electrons. The molecule has 36 heavy (non-hydrogen) atoms. The number of aliphatic hydroxyl groups is 1. The summed E-state index contributed by atoms with van der Waals surface area (Å²) in [5.41, 5.74) is -1.02. The van der Waals surface area contributed by atoms with Crippen LogP contribution in [0.15, 0.2) is 66.8 Å². The van der Waals surface area contributed by atoms with Crippen molar-refractivity contribution in [3.63, 3.8) is 0 Å². The first-order valence-corrected chi connectivity index (χ1v) is 11.9. The summed E-state index contributed by atoms with van der Waals surface area (Å²) >= 11 is 0. The number of fused-ring (bicyclic) bond motifs is 2. The van der Waals surface area contributed by atoms with E-state index in [2.05, 4.69) is 6.58 Å². The van der Waals surface area contributed by atoms with E-state index in [9.17, 15) is 23.9 Å². The number of aliphatic hydroxyl groups excluding tert-OH is 1. The monoisotopic (exact) mass is 492 g/mol. The average molecular weight is 493 g/mol. The molecular formula is C27H27FN3O5+. The Kier molecular flexibility index (Phi) is 6.19. The van der Waals surface area contributed by atoms with Crippen molar-refractivity contribution in [2.45, 2.75) is 5.54 Å². The molecule has 0 bridgehead atoms. The van der Waals surface area contributed by atoms with Gasteiger partial charge in [-0.25, -0.2) is 4.39 Å². The minimum absolute atomic E-state index is 0.127. The molecule has 1 spiro atoms. The van der Waals surface area contributed by atoms with Crippen molar-refractivity contribution in [1.82, 2.24) is 4.90 Å². The molecule has 2 saturated heterocycles. The smallest absolute Gasteiger partial charge is 0.296 e. The summed E-state index contributed by atoms with van der Waals surface area (Å²) in [6.07, 6.45) is 1.57. The van der Waals surface area contributed by atoms with E-state index in [1.54, 1.807) is 30.3 Å². The lowest BCUT2D eigenvalue weighted by atomic mass is 9.82. The van der Waals surface area contributed by atoms with Crippen LogP contribution in [0.2, 0.25) is 0 Å². The normalized spacial score (nSPS) is 23.5. The predicted molar refractivity (Wildman–Crippen MR) is 130 cm³/mol. The van der Waals surface area contributed by atoms with E-state index >= 15 is 0 Å². The number of ether oxygens (including phenoxy) is 1. The van der Waals surface area contributed by atoms with Gasteiger partial charge in [0.25, 0.3) is 17.6 Å². The van der Waals surface area contributed by atoms with Crippen LogP contribution in [-0.4, -0.2) is 73.5 Å². The fourth-order valence-corrected chi connectivity index (χ4v) is 5.41. The Morgan fingerprint density at radius 2 is 1.81 bits per heavy atom. The molecule has 0 radical (unpaired) electrons. The second-order valence-electron chi connectivity index (χ2n) is 9.06. The lowest BCUT2D eigenvalue weighted by Crippen LogP contribution is -3.14. The largest absolute Gasteiger partial charge is 0.507 e. The number of rotatable bonds is 6. The van der Waals surface area contributed by atoms with E-state index in [-0.39, 0.29) is 24.2 Å². The highest BCUT2D eigenvalue weighted by Crippen LogP contribution is 2.53. The Morgan fingerprint density at radius 1 is 1.11 bits per heavy atom. The minimum Gasteiger partial charge on any atom is -0.507 e. The van der Waals surface area contributed by atoms with Crippen LogP contribution in [0.3, 0.4) is 0 Å². The summed E-state index contributed by atoms with van der Waals surface area (Å²) in [5.74, 6) is -3.34. The molecule has 0 saturated carbocycles. The summed E-state index contributed by atoms with van der Waals surface area (Å²) in [6.45, 7) is 7.23. The molecule has 2 aromatic carbocycles. The lowest BCUT2D eigenvalue weighted by Gasteiger charge is -2.35. The van der Waals surface area contributed by atoms with Crippen LogP contribution in [0.4, 0.5) is 10.1 Å². The highest BCUT2D eigenvalue weighted by Gasteiger charge is 2.67. The number of nitrogens with one attached hydrogen (secondary N) is 1. The topological polar surface area (TPSA) is 91.6 Å². The van der Waals surface area contributed by atoms with Crippen molar-refractivity contribution in [3.8, 4) is 0 Å². The number of hydrogen-bond acceptors (Lipinski definition) is 5. The summed E-state index contributed by atoms with van der Waals surface area (Å²) in [6, 6.07) is 11.9. The van der Waals surface area contributed by atoms with Crippen molar-refractivity contribution in [2.75, 3.05) is 50.8 Å². The molecular weight excluding hydrogens is 465 g/mol. The molecule has 3 aliphatic rings. The Hall–Kier alpha value is -3.82. The van der Waals surface area contributed by atoms with Gasteiger partial charge in [0.1, 0.15) is 24.7 Å².